The highest BCUT2D eigenvalue weighted by Crippen LogP contribution is 1.99. The van der Waals surface area contributed by atoms with Crippen LogP contribution in [-0.4, -0.2) is 35.1 Å². The molecule has 0 aliphatic carbocycles. The van der Waals surface area contributed by atoms with E-state index in [9.17, 15) is 14.4 Å². The lowest BCUT2D eigenvalue weighted by molar-refractivity contribution is -0.139. The van der Waals surface area contributed by atoms with E-state index in [1.54, 1.807) is 0 Å². The highest BCUT2D eigenvalue weighted by Gasteiger charge is 2.21. The molecule has 0 rings (SSSR count). The molecule has 2 atom stereocenters. The maximum absolute atomic E-state index is 11.5. The Hall–Kier alpha value is -2.23. The van der Waals surface area contributed by atoms with Crippen molar-refractivity contribution in [3.05, 3.63) is 0 Å². The Bertz CT molecular complexity index is 376. The standard InChI is InChI=1S/C12H19N3O4/c1-3-5-8(4-2)14-12(19)15-9(11(17)18)6-7-10(13)16/h2,8-9H,3,5-7H2,1H3,(H2,13,16)(H,17,18)(H2,14,15,19)/t8?,9-/m1/s1. The SMILES string of the molecule is C#CC(CCC)NC(=O)N[C@H](CCC(N)=O)C(=O)O. The van der Waals surface area contributed by atoms with E-state index < -0.39 is 30.0 Å². The zero-order chi connectivity index (χ0) is 14.8. The Morgan fingerprint density at radius 1 is 1.32 bits per heavy atom. The number of rotatable bonds is 8. The average Bonchev–Trinajstić information content (AvgIpc) is 2.33. The summed E-state index contributed by atoms with van der Waals surface area (Å²) in [5.74, 6) is 0.537. The molecule has 0 aromatic carbocycles. The van der Waals surface area contributed by atoms with Gasteiger partial charge in [0.25, 0.3) is 0 Å². The molecule has 5 N–H and O–H groups in total. The van der Waals surface area contributed by atoms with Crippen LogP contribution in [0.4, 0.5) is 4.79 Å². The molecule has 0 aliphatic heterocycles. The van der Waals surface area contributed by atoms with E-state index >= 15 is 0 Å². The third-order valence-corrected chi connectivity index (χ3v) is 2.37. The Morgan fingerprint density at radius 2 is 1.95 bits per heavy atom. The van der Waals surface area contributed by atoms with Gasteiger partial charge >= 0.3 is 12.0 Å². The maximum atomic E-state index is 11.5. The van der Waals surface area contributed by atoms with Crippen molar-refractivity contribution in [1.29, 1.82) is 0 Å². The molecule has 0 spiro atoms. The zero-order valence-corrected chi connectivity index (χ0v) is 10.8. The monoisotopic (exact) mass is 269 g/mol. The van der Waals surface area contributed by atoms with E-state index in [1.165, 1.54) is 0 Å². The molecule has 7 nitrogen and oxygen atoms in total. The third-order valence-electron chi connectivity index (χ3n) is 2.37. The quantitative estimate of drug-likeness (QED) is 0.456. The predicted octanol–water partition coefficient (Wildman–Crippen LogP) is -0.194. The van der Waals surface area contributed by atoms with E-state index in [-0.39, 0.29) is 12.8 Å². The number of nitrogens with one attached hydrogen (secondary N) is 2. The van der Waals surface area contributed by atoms with Gasteiger partial charge in [-0.2, -0.15) is 0 Å². The van der Waals surface area contributed by atoms with Crippen molar-refractivity contribution < 1.29 is 19.5 Å². The summed E-state index contributed by atoms with van der Waals surface area (Å²) in [4.78, 5) is 33.0. The summed E-state index contributed by atoms with van der Waals surface area (Å²) in [7, 11) is 0. The van der Waals surface area contributed by atoms with Crippen molar-refractivity contribution in [3.63, 3.8) is 0 Å². The number of carboxylic acids is 1. The number of carboxylic acid groups (broad SMARTS) is 1. The summed E-state index contributed by atoms with van der Waals surface area (Å²) < 4.78 is 0. The lowest BCUT2D eigenvalue weighted by Gasteiger charge is -2.17. The molecular weight excluding hydrogens is 250 g/mol. The van der Waals surface area contributed by atoms with Crippen LogP contribution >= 0.6 is 0 Å². The molecule has 0 aromatic rings. The topological polar surface area (TPSA) is 122 Å². The van der Waals surface area contributed by atoms with Crippen LogP contribution in [-0.2, 0) is 9.59 Å². The molecule has 0 radical (unpaired) electrons. The van der Waals surface area contributed by atoms with Gasteiger partial charge in [-0.25, -0.2) is 9.59 Å². The second kappa shape index (κ2) is 8.80. The molecule has 0 saturated carbocycles. The Kier molecular flexibility index (Phi) is 7.77. The summed E-state index contributed by atoms with van der Waals surface area (Å²) in [6.07, 6.45) is 6.43. The number of nitrogens with two attached hydrogens (primary N) is 1. The van der Waals surface area contributed by atoms with Gasteiger partial charge in [-0.1, -0.05) is 19.3 Å². The van der Waals surface area contributed by atoms with Crippen molar-refractivity contribution >= 4 is 17.9 Å². The number of aliphatic carboxylic acids is 1. The summed E-state index contributed by atoms with van der Waals surface area (Å²) in [6, 6.07) is -2.29. The second-order valence-electron chi connectivity index (χ2n) is 4.02. The number of terminal acetylenes is 1. The number of carbonyl (C=O) groups is 3. The fraction of sp³-hybridized carbons (Fsp3) is 0.583. The van der Waals surface area contributed by atoms with Gasteiger partial charge in [-0.05, 0) is 12.8 Å². The molecule has 0 saturated heterocycles. The Labute approximate surface area is 111 Å². The van der Waals surface area contributed by atoms with Crippen LogP contribution in [0.3, 0.4) is 0 Å². The first-order valence-electron chi connectivity index (χ1n) is 5.95. The predicted molar refractivity (Wildman–Crippen MR) is 69.0 cm³/mol. The van der Waals surface area contributed by atoms with Crippen LogP contribution in [0.1, 0.15) is 32.6 Å². The number of primary amides is 1. The van der Waals surface area contributed by atoms with Crippen LogP contribution in [0, 0.1) is 12.3 Å². The van der Waals surface area contributed by atoms with Crippen molar-refractivity contribution in [1.82, 2.24) is 10.6 Å². The number of amides is 3. The van der Waals surface area contributed by atoms with Crippen LogP contribution in [0.15, 0.2) is 0 Å². The van der Waals surface area contributed by atoms with Crippen molar-refractivity contribution in [2.75, 3.05) is 0 Å². The lowest BCUT2D eigenvalue weighted by atomic mass is 10.1. The molecule has 106 valence electrons. The van der Waals surface area contributed by atoms with E-state index in [1.807, 2.05) is 6.92 Å². The highest BCUT2D eigenvalue weighted by molar-refractivity contribution is 5.83. The largest absolute Gasteiger partial charge is 0.480 e. The molecule has 0 bridgehead atoms. The van der Waals surface area contributed by atoms with Gasteiger partial charge in [0, 0.05) is 6.42 Å². The minimum absolute atomic E-state index is 0.0629. The fourth-order valence-corrected chi connectivity index (χ4v) is 1.39. The van der Waals surface area contributed by atoms with Gasteiger partial charge in [0.05, 0.1) is 6.04 Å². The fourth-order valence-electron chi connectivity index (χ4n) is 1.39. The first-order chi connectivity index (χ1) is 8.90. The van der Waals surface area contributed by atoms with Crippen molar-refractivity contribution in [2.45, 2.75) is 44.7 Å². The number of carbonyl (C=O) groups excluding carboxylic acids is 2. The first-order valence-corrected chi connectivity index (χ1v) is 5.95. The maximum Gasteiger partial charge on any atom is 0.326 e. The molecule has 3 amide bonds. The Morgan fingerprint density at radius 3 is 2.37 bits per heavy atom. The van der Waals surface area contributed by atoms with E-state index in [0.29, 0.717) is 6.42 Å². The van der Waals surface area contributed by atoms with Crippen LogP contribution < -0.4 is 16.4 Å². The Balaban J connectivity index is 4.35. The smallest absolute Gasteiger partial charge is 0.326 e. The third kappa shape index (κ3) is 7.65. The van der Waals surface area contributed by atoms with Crippen molar-refractivity contribution in [3.8, 4) is 12.3 Å². The van der Waals surface area contributed by atoms with Gasteiger partial charge in [-0.3, -0.25) is 4.79 Å². The highest BCUT2D eigenvalue weighted by atomic mass is 16.4. The molecule has 7 heteroatoms. The summed E-state index contributed by atoms with van der Waals surface area (Å²) in [6.45, 7) is 1.91. The number of urea groups is 1. The molecule has 19 heavy (non-hydrogen) atoms. The molecule has 0 heterocycles. The molecular formula is C12H19N3O4. The van der Waals surface area contributed by atoms with E-state index in [4.69, 9.17) is 17.3 Å². The minimum atomic E-state index is -1.23. The van der Waals surface area contributed by atoms with Crippen LogP contribution in [0.25, 0.3) is 0 Å². The van der Waals surface area contributed by atoms with E-state index in [0.717, 1.165) is 6.42 Å². The van der Waals surface area contributed by atoms with Gasteiger partial charge in [0.2, 0.25) is 5.91 Å². The first kappa shape index (κ1) is 16.8. The van der Waals surface area contributed by atoms with E-state index in [2.05, 4.69) is 16.6 Å². The summed E-state index contributed by atoms with van der Waals surface area (Å²) >= 11 is 0. The van der Waals surface area contributed by atoms with Gasteiger partial charge in [0.1, 0.15) is 6.04 Å². The lowest BCUT2D eigenvalue weighted by Crippen LogP contribution is -2.49. The second-order valence-corrected chi connectivity index (χ2v) is 4.02. The van der Waals surface area contributed by atoms with Crippen LogP contribution in [0.2, 0.25) is 0 Å². The number of hydrogen-bond acceptors (Lipinski definition) is 3. The van der Waals surface area contributed by atoms with Gasteiger partial charge in [0.15, 0.2) is 0 Å². The summed E-state index contributed by atoms with van der Waals surface area (Å²) in [5, 5.41) is 13.6. The summed E-state index contributed by atoms with van der Waals surface area (Å²) in [5.41, 5.74) is 4.93. The minimum Gasteiger partial charge on any atom is -0.480 e. The molecule has 0 aliphatic rings. The average molecular weight is 269 g/mol. The number of hydrogen-bond donors (Lipinski definition) is 4. The zero-order valence-electron chi connectivity index (χ0n) is 10.8. The van der Waals surface area contributed by atoms with Gasteiger partial charge in [-0.15, -0.1) is 6.42 Å². The van der Waals surface area contributed by atoms with Gasteiger partial charge < -0.3 is 21.5 Å². The molecule has 1 unspecified atom stereocenters. The molecule has 0 fully saturated rings. The normalized spacial score (nSPS) is 12.8. The van der Waals surface area contributed by atoms with Crippen LogP contribution in [0.5, 0.6) is 0 Å². The molecule has 0 aromatic heterocycles. The van der Waals surface area contributed by atoms with Crippen molar-refractivity contribution in [2.24, 2.45) is 5.73 Å².